The zero-order valence-corrected chi connectivity index (χ0v) is 14.9. The minimum Gasteiger partial charge on any atom is -0.508 e. The number of aromatic hydroxyl groups is 1. The highest BCUT2D eigenvalue weighted by Crippen LogP contribution is 2.54. The van der Waals surface area contributed by atoms with E-state index in [1.807, 2.05) is 12.1 Å². The van der Waals surface area contributed by atoms with Gasteiger partial charge < -0.3 is 14.6 Å². The van der Waals surface area contributed by atoms with Crippen LogP contribution in [0.2, 0.25) is 0 Å². The van der Waals surface area contributed by atoms with Crippen LogP contribution in [0.15, 0.2) is 60.2 Å². The Morgan fingerprint density at radius 1 is 0.962 bits per heavy atom. The van der Waals surface area contributed by atoms with Gasteiger partial charge in [0.05, 0.1) is 13.2 Å². The average Bonchev–Trinajstić information content (AvgIpc) is 3.11. The summed E-state index contributed by atoms with van der Waals surface area (Å²) in [6.07, 6.45) is 6.97. The minimum absolute atomic E-state index is 0.0246. The van der Waals surface area contributed by atoms with Gasteiger partial charge in [-0.15, -0.1) is 0 Å². The molecule has 1 saturated carbocycles. The van der Waals surface area contributed by atoms with Gasteiger partial charge in [-0.25, -0.2) is 0 Å². The van der Waals surface area contributed by atoms with E-state index in [4.69, 9.17) is 9.47 Å². The van der Waals surface area contributed by atoms with Crippen molar-refractivity contribution in [2.45, 2.75) is 43.3 Å². The first kappa shape index (κ1) is 16.1. The van der Waals surface area contributed by atoms with Crippen LogP contribution in [0, 0.1) is 0 Å². The lowest BCUT2D eigenvalue weighted by Gasteiger charge is -2.49. The van der Waals surface area contributed by atoms with E-state index in [0.717, 1.165) is 32.1 Å². The molecule has 3 aliphatic rings. The van der Waals surface area contributed by atoms with Gasteiger partial charge in [0.25, 0.3) is 0 Å². The van der Waals surface area contributed by atoms with E-state index < -0.39 is 5.79 Å². The van der Waals surface area contributed by atoms with Crippen LogP contribution in [0.5, 0.6) is 5.75 Å². The van der Waals surface area contributed by atoms with Gasteiger partial charge in [0.1, 0.15) is 5.75 Å². The third-order valence-electron chi connectivity index (χ3n) is 6.34. The van der Waals surface area contributed by atoms with E-state index in [1.54, 1.807) is 0 Å². The summed E-state index contributed by atoms with van der Waals surface area (Å²) in [5.74, 6) is -0.0642. The maximum Gasteiger partial charge on any atom is 0.172 e. The van der Waals surface area contributed by atoms with Crippen LogP contribution in [0.1, 0.15) is 36.0 Å². The van der Waals surface area contributed by atoms with E-state index in [-0.39, 0.29) is 5.41 Å². The molecule has 1 saturated heterocycles. The van der Waals surface area contributed by atoms with Gasteiger partial charge in [-0.05, 0) is 48.1 Å². The smallest absolute Gasteiger partial charge is 0.172 e. The van der Waals surface area contributed by atoms with Gasteiger partial charge in [-0.3, -0.25) is 0 Å². The Kier molecular flexibility index (Phi) is 3.70. The third-order valence-corrected chi connectivity index (χ3v) is 6.34. The zero-order valence-electron chi connectivity index (χ0n) is 14.9. The van der Waals surface area contributed by atoms with Crippen LogP contribution in [0.4, 0.5) is 0 Å². The Morgan fingerprint density at radius 3 is 2.58 bits per heavy atom. The molecule has 0 bridgehead atoms. The molecule has 3 heteroatoms. The lowest BCUT2D eigenvalue weighted by Crippen LogP contribution is -2.46. The molecule has 26 heavy (non-hydrogen) atoms. The molecule has 2 fully saturated rings. The van der Waals surface area contributed by atoms with Gasteiger partial charge in [-0.1, -0.05) is 48.0 Å². The monoisotopic (exact) mass is 348 g/mol. The van der Waals surface area contributed by atoms with Gasteiger partial charge in [-0.2, -0.15) is 0 Å². The number of allylic oxidation sites excluding steroid dienone is 1. The van der Waals surface area contributed by atoms with Crippen LogP contribution >= 0.6 is 0 Å². The second kappa shape index (κ2) is 5.97. The van der Waals surface area contributed by atoms with E-state index in [0.29, 0.717) is 19.0 Å². The lowest BCUT2D eigenvalue weighted by atomic mass is 9.58. The fourth-order valence-corrected chi connectivity index (χ4v) is 5.12. The summed E-state index contributed by atoms with van der Waals surface area (Å²) in [7, 11) is 0. The number of rotatable bonds is 2. The van der Waals surface area contributed by atoms with Crippen molar-refractivity contribution in [2.75, 3.05) is 13.2 Å². The van der Waals surface area contributed by atoms with Gasteiger partial charge in [0.15, 0.2) is 5.79 Å². The molecule has 2 aromatic carbocycles. The second-order valence-corrected chi connectivity index (χ2v) is 7.80. The van der Waals surface area contributed by atoms with Crippen LogP contribution in [0.25, 0.3) is 0 Å². The molecule has 1 aliphatic heterocycles. The first-order valence-corrected chi connectivity index (χ1v) is 9.53. The normalized spacial score (nSPS) is 26.2. The number of fused-ring (bicyclic) bond motifs is 3. The molecule has 0 unspecified atom stereocenters. The van der Waals surface area contributed by atoms with Crippen molar-refractivity contribution in [3.63, 3.8) is 0 Å². The van der Waals surface area contributed by atoms with Crippen LogP contribution in [-0.4, -0.2) is 24.1 Å². The largest absolute Gasteiger partial charge is 0.508 e. The Hall–Kier alpha value is -2.10. The fourth-order valence-electron chi connectivity index (χ4n) is 5.12. The Labute approximate surface area is 154 Å². The van der Waals surface area contributed by atoms with Crippen molar-refractivity contribution in [1.82, 2.24) is 0 Å². The summed E-state index contributed by atoms with van der Waals surface area (Å²) in [5.41, 5.74) is 5.37. The van der Waals surface area contributed by atoms with Crippen LogP contribution in [-0.2, 0) is 27.7 Å². The van der Waals surface area contributed by atoms with Crippen LogP contribution < -0.4 is 0 Å². The number of benzene rings is 2. The Morgan fingerprint density at radius 2 is 1.77 bits per heavy atom. The summed E-state index contributed by atoms with van der Waals surface area (Å²) in [6.45, 7) is 1.40. The molecule has 0 aromatic heterocycles. The summed E-state index contributed by atoms with van der Waals surface area (Å²) >= 11 is 0. The third kappa shape index (κ3) is 2.50. The number of hydrogen-bond acceptors (Lipinski definition) is 3. The Balaban J connectivity index is 1.60. The molecule has 1 atom stereocenters. The summed E-state index contributed by atoms with van der Waals surface area (Å²) in [5, 5.41) is 9.96. The summed E-state index contributed by atoms with van der Waals surface area (Å²) in [6, 6.07) is 16.6. The predicted molar refractivity (Wildman–Crippen MR) is 100 cm³/mol. The highest BCUT2D eigenvalue weighted by atomic mass is 16.7. The van der Waals surface area contributed by atoms with Gasteiger partial charge >= 0.3 is 0 Å². The van der Waals surface area contributed by atoms with Crippen LogP contribution in [0.3, 0.4) is 0 Å². The second-order valence-electron chi connectivity index (χ2n) is 7.80. The van der Waals surface area contributed by atoms with Crippen molar-refractivity contribution in [1.29, 1.82) is 0 Å². The number of hydrogen-bond donors (Lipinski definition) is 1. The molecule has 5 rings (SSSR count). The standard InChI is InChI=1S/C23H24O3/c24-20-8-9-21-18(14-20)6-7-19-16-23(25-12-13-26-23)11-10-22(19,21)15-17-4-2-1-3-5-17/h1-5,7-9,14,24H,6,10-13,15-16H2/t22-/m0/s1. The predicted octanol–water partition coefficient (Wildman–Crippen LogP) is 4.28. The SMILES string of the molecule is Oc1ccc2c(c1)CC=C1CC3(CC[C@]12Cc1ccccc1)OCCO3. The summed E-state index contributed by atoms with van der Waals surface area (Å²) in [4.78, 5) is 0. The molecule has 134 valence electrons. The molecule has 1 heterocycles. The van der Waals surface area contributed by atoms with Gasteiger partial charge in [0, 0.05) is 18.3 Å². The molecule has 0 amide bonds. The van der Waals surface area contributed by atoms with E-state index >= 15 is 0 Å². The molecule has 2 aliphatic carbocycles. The van der Waals surface area contributed by atoms with Crippen molar-refractivity contribution in [3.8, 4) is 5.75 Å². The molecule has 1 N–H and O–H groups in total. The molecular formula is C23H24O3. The van der Waals surface area contributed by atoms with Crippen molar-refractivity contribution in [3.05, 3.63) is 76.9 Å². The maximum atomic E-state index is 9.96. The molecule has 2 aromatic rings. The molecule has 0 radical (unpaired) electrons. The number of ether oxygens (including phenoxy) is 2. The van der Waals surface area contributed by atoms with Crippen molar-refractivity contribution in [2.24, 2.45) is 0 Å². The minimum atomic E-state index is -0.416. The average molecular weight is 348 g/mol. The zero-order chi connectivity index (χ0) is 17.6. The first-order chi connectivity index (χ1) is 12.7. The number of phenols is 1. The molecule has 1 spiro atoms. The van der Waals surface area contributed by atoms with E-state index in [9.17, 15) is 5.11 Å². The van der Waals surface area contributed by atoms with E-state index in [1.165, 1.54) is 22.3 Å². The van der Waals surface area contributed by atoms with Gasteiger partial charge in [0.2, 0.25) is 0 Å². The summed E-state index contributed by atoms with van der Waals surface area (Å²) < 4.78 is 12.1. The molecule has 3 nitrogen and oxygen atoms in total. The maximum absolute atomic E-state index is 9.96. The highest BCUT2D eigenvalue weighted by Gasteiger charge is 2.51. The topological polar surface area (TPSA) is 38.7 Å². The number of phenolic OH excluding ortho intramolecular Hbond substituents is 1. The quantitative estimate of drug-likeness (QED) is 0.823. The highest BCUT2D eigenvalue weighted by molar-refractivity contribution is 5.52. The fraction of sp³-hybridized carbons (Fsp3) is 0.391. The lowest BCUT2D eigenvalue weighted by molar-refractivity contribution is -0.173. The molecular weight excluding hydrogens is 324 g/mol. The first-order valence-electron chi connectivity index (χ1n) is 9.53. The van der Waals surface area contributed by atoms with Crippen molar-refractivity contribution < 1.29 is 14.6 Å². The van der Waals surface area contributed by atoms with Crippen molar-refractivity contribution >= 4 is 0 Å². The Bertz CT molecular complexity index is 849. The van der Waals surface area contributed by atoms with E-state index in [2.05, 4.69) is 42.5 Å².